The second kappa shape index (κ2) is 6.75. The van der Waals surface area contributed by atoms with Crippen molar-refractivity contribution in [2.24, 2.45) is 0 Å². The van der Waals surface area contributed by atoms with Gasteiger partial charge in [0.15, 0.2) is 0 Å². The number of benzene rings is 1. The molecular weight excluding hydrogens is 306 g/mol. The van der Waals surface area contributed by atoms with Gasteiger partial charge in [-0.25, -0.2) is 4.68 Å². The predicted molar refractivity (Wildman–Crippen MR) is 90.3 cm³/mol. The Morgan fingerprint density at radius 2 is 2.12 bits per heavy atom. The molecule has 24 heavy (non-hydrogen) atoms. The SMILES string of the molecule is COC[C@@H]1CN(C(=O)c2ccc(-n3cccn3)cc2)CC(C)(C)O1. The molecule has 1 aliphatic heterocycles. The maximum Gasteiger partial charge on any atom is 0.254 e. The highest BCUT2D eigenvalue weighted by molar-refractivity contribution is 5.94. The van der Waals surface area contributed by atoms with Crippen LogP contribution in [0, 0.1) is 0 Å². The quantitative estimate of drug-likeness (QED) is 0.862. The zero-order chi connectivity index (χ0) is 17.2. The number of aromatic nitrogens is 2. The van der Waals surface area contributed by atoms with Crippen LogP contribution in [-0.4, -0.2) is 59.1 Å². The summed E-state index contributed by atoms with van der Waals surface area (Å²) in [5.41, 5.74) is 1.21. The summed E-state index contributed by atoms with van der Waals surface area (Å²) < 4.78 is 12.9. The standard InChI is InChI=1S/C18H23N3O3/c1-18(2)13-20(11-16(24-18)12-23-3)17(22)14-5-7-15(8-6-14)21-10-4-9-19-21/h4-10,16H,11-13H2,1-3H3/t16-/m0/s1. The van der Waals surface area contributed by atoms with Crippen molar-refractivity contribution in [1.82, 2.24) is 14.7 Å². The molecule has 2 heterocycles. The number of morpholine rings is 1. The van der Waals surface area contributed by atoms with Gasteiger partial charge >= 0.3 is 0 Å². The molecular formula is C18H23N3O3. The van der Waals surface area contributed by atoms with E-state index in [1.165, 1.54) is 0 Å². The molecule has 1 aliphatic rings. The third-order valence-electron chi connectivity index (χ3n) is 4.00. The number of amides is 1. The average molecular weight is 329 g/mol. The van der Waals surface area contributed by atoms with E-state index in [0.717, 1.165) is 5.69 Å². The van der Waals surface area contributed by atoms with E-state index in [1.807, 2.05) is 55.3 Å². The van der Waals surface area contributed by atoms with Crippen molar-refractivity contribution in [3.05, 3.63) is 48.3 Å². The minimum atomic E-state index is -0.383. The molecule has 0 unspecified atom stereocenters. The Hall–Kier alpha value is -2.18. The Kier molecular flexibility index (Phi) is 4.69. The number of hydrogen-bond acceptors (Lipinski definition) is 4. The van der Waals surface area contributed by atoms with E-state index in [4.69, 9.17) is 9.47 Å². The molecule has 6 heteroatoms. The number of carbonyl (C=O) groups excluding carboxylic acids is 1. The first-order valence-corrected chi connectivity index (χ1v) is 8.05. The molecule has 0 bridgehead atoms. The molecule has 1 aromatic carbocycles. The maximum absolute atomic E-state index is 12.8. The monoisotopic (exact) mass is 329 g/mol. The number of hydrogen-bond donors (Lipinski definition) is 0. The third-order valence-corrected chi connectivity index (χ3v) is 4.00. The summed E-state index contributed by atoms with van der Waals surface area (Å²) in [6, 6.07) is 9.35. The van der Waals surface area contributed by atoms with Crippen molar-refractivity contribution in [1.29, 1.82) is 0 Å². The first-order chi connectivity index (χ1) is 11.5. The third kappa shape index (κ3) is 3.66. The molecule has 1 atom stereocenters. The van der Waals surface area contributed by atoms with Crippen molar-refractivity contribution in [2.75, 3.05) is 26.8 Å². The van der Waals surface area contributed by atoms with Gasteiger partial charge in [0.05, 0.1) is 24.0 Å². The van der Waals surface area contributed by atoms with Gasteiger partial charge < -0.3 is 14.4 Å². The zero-order valence-electron chi connectivity index (χ0n) is 14.3. The van der Waals surface area contributed by atoms with Crippen LogP contribution in [0.15, 0.2) is 42.7 Å². The molecule has 0 aliphatic carbocycles. The largest absolute Gasteiger partial charge is 0.382 e. The first-order valence-electron chi connectivity index (χ1n) is 8.05. The summed E-state index contributed by atoms with van der Waals surface area (Å²) in [7, 11) is 1.64. The summed E-state index contributed by atoms with van der Waals surface area (Å²) >= 11 is 0. The topological polar surface area (TPSA) is 56.6 Å². The van der Waals surface area contributed by atoms with E-state index in [0.29, 0.717) is 25.3 Å². The minimum absolute atomic E-state index is 0.0134. The molecule has 1 amide bonds. The Balaban J connectivity index is 1.75. The average Bonchev–Trinajstić information content (AvgIpc) is 3.07. The van der Waals surface area contributed by atoms with Gasteiger partial charge in [-0.1, -0.05) is 0 Å². The van der Waals surface area contributed by atoms with Gasteiger partial charge in [-0.05, 0) is 44.2 Å². The summed E-state index contributed by atoms with van der Waals surface area (Å²) in [6.07, 6.45) is 3.49. The van der Waals surface area contributed by atoms with E-state index >= 15 is 0 Å². The second-order valence-corrected chi connectivity index (χ2v) is 6.64. The van der Waals surface area contributed by atoms with Crippen molar-refractivity contribution >= 4 is 5.91 Å². The van der Waals surface area contributed by atoms with Gasteiger partial charge in [-0.3, -0.25) is 4.79 Å². The number of carbonyl (C=O) groups is 1. The minimum Gasteiger partial charge on any atom is -0.382 e. The van der Waals surface area contributed by atoms with Crippen LogP contribution in [-0.2, 0) is 9.47 Å². The van der Waals surface area contributed by atoms with Crippen LogP contribution < -0.4 is 0 Å². The molecule has 6 nitrogen and oxygen atoms in total. The summed E-state index contributed by atoms with van der Waals surface area (Å²) in [4.78, 5) is 14.7. The smallest absolute Gasteiger partial charge is 0.254 e. The molecule has 0 saturated carbocycles. The van der Waals surface area contributed by atoms with Crippen molar-refractivity contribution in [3.8, 4) is 5.69 Å². The fourth-order valence-corrected chi connectivity index (χ4v) is 3.08. The second-order valence-electron chi connectivity index (χ2n) is 6.64. The normalized spacial score (nSPS) is 20.1. The lowest BCUT2D eigenvalue weighted by Gasteiger charge is -2.42. The van der Waals surface area contributed by atoms with Crippen LogP contribution in [0.4, 0.5) is 0 Å². The van der Waals surface area contributed by atoms with Crippen LogP contribution in [0.25, 0.3) is 5.69 Å². The molecule has 1 saturated heterocycles. The highest BCUT2D eigenvalue weighted by Gasteiger charge is 2.35. The van der Waals surface area contributed by atoms with Gasteiger partial charge in [0.2, 0.25) is 0 Å². The lowest BCUT2D eigenvalue weighted by molar-refractivity contribution is -0.143. The number of rotatable bonds is 4. The van der Waals surface area contributed by atoms with Gasteiger partial charge in [0.25, 0.3) is 5.91 Å². The van der Waals surface area contributed by atoms with Crippen molar-refractivity contribution in [2.45, 2.75) is 25.6 Å². The number of nitrogens with zero attached hydrogens (tertiary/aromatic N) is 3. The van der Waals surface area contributed by atoms with E-state index < -0.39 is 0 Å². The highest BCUT2D eigenvalue weighted by Crippen LogP contribution is 2.23. The van der Waals surface area contributed by atoms with Gasteiger partial charge in [0.1, 0.15) is 0 Å². The van der Waals surface area contributed by atoms with Crippen LogP contribution in [0.3, 0.4) is 0 Å². The van der Waals surface area contributed by atoms with Gasteiger partial charge in [0, 0.05) is 38.2 Å². The molecule has 1 aromatic heterocycles. The molecule has 2 aromatic rings. The van der Waals surface area contributed by atoms with Gasteiger partial charge in [-0.2, -0.15) is 5.10 Å². The Bertz CT molecular complexity index is 680. The molecule has 0 spiro atoms. The summed E-state index contributed by atoms with van der Waals surface area (Å²) in [6.45, 7) is 5.57. The van der Waals surface area contributed by atoms with Crippen LogP contribution >= 0.6 is 0 Å². The molecule has 0 radical (unpaired) electrons. The van der Waals surface area contributed by atoms with E-state index in [-0.39, 0.29) is 17.6 Å². The lowest BCUT2D eigenvalue weighted by Crippen LogP contribution is -2.55. The number of ether oxygens (including phenoxy) is 2. The Labute approximate surface area is 142 Å². The van der Waals surface area contributed by atoms with E-state index in [1.54, 1.807) is 18.0 Å². The summed E-state index contributed by atoms with van der Waals surface area (Å²) in [5.74, 6) is 0.0134. The highest BCUT2D eigenvalue weighted by atomic mass is 16.5. The lowest BCUT2D eigenvalue weighted by atomic mass is 10.0. The van der Waals surface area contributed by atoms with Crippen LogP contribution in [0.5, 0.6) is 0 Å². The summed E-state index contributed by atoms with van der Waals surface area (Å²) in [5, 5.41) is 4.19. The zero-order valence-corrected chi connectivity index (χ0v) is 14.3. The Morgan fingerprint density at radius 1 is 1.38 bits per heavy atom. The first kappa shape index (κ1) is 16.7. The maximum atomic E-state index is 12.8. The molecule has 3 rings (SSSR count). The fourth-order valence-electron chi connectivity index (χ4n) is 3.08. The van der Waals surface area contributed by atoms with E-state index in [2.05, 4.69) is 5.10 Å². The van der Waals surface area contributed by atoms with Gasteiger partial charge in [-0.15, -0.1) is 0 Å². The number of methoxy groups -OCH3 is 1. The van der Waals surface area contributed by atoms with Crippen molar-refractivity contribution < 1.29 is 14.3 Å². The molecule has 0 N–H and O–H groups in total. The molecule has 1 fully saturated rings. The van der Waals surface area contributed by atoms with E-state index in [9.17, 15) is 4.79 Å². The van der Waals surface area contributed by atoms with Crippen molar-refractivity contribution in [3.63, 3.8) is 0 Å². The fraction of sp³-hybridized carbons (Fsp3) is 0.444. The predicted octanol–water partition coefficient (Wildman–Crippen LogP) is 2.14. The Morgan fingerprint density at radius 3 is 2.75 bits per heavy atom. The van der Waals surface area contributed by atoms with Crippen LogP contribution in [0.2, 0.25) is 0 Å². The van der Waals surface area contributed by atoms with Crippen LogP contribution in [0.1, 0.15) is 24.2 Å². The molecule has 128 valence electrons.